The maximum absolute atomic E-state index is 10.9. The number of nitrogens with zero attached hydrogens (tertiary/aromatic N) is 1. The second kappa shape index (κ2) is 4.78. The monoisotopic (exact) mass is 235 g/mol. The van der Waals surface area contributed by atoms with Crippen molar-refractivity contribution in [1.29, 1.82) is 0 Å². The molecule has 0 atom stereocenters. The Kier molecular flexibility index (Phi) is 3.81. The lowest BCUT2D eigenvalue weighted by Crippen LogP contribution is -2.22. The smallest absolute Gasteiger partial charge is 0.304 e. The summed E-state index contributed by atoms with van der Waals surface area (Å²) in [5, 5.41) is 8.93. The van der Waals surface area contributed by atoms with E-state index in [-0.39, 0.29) is 11.8 Å². The molecule has 1 rings (SSSR count). The van der Waals surface area contributed by atoms with E-state index in [0.29, 0.717) is 0 Å². The van der Waals surface area contributed by atoms with E-state index in [9.17, 15) is 4.79 Å². The van der Waals surface area contributed by atoms with E-state index in [4.69, 9.17) is 5.11 Å². The maximum Gasteiger partial charge on any atom is 0.304 e. The van der Waals surface area contributed by atoms with Crippen LogP contribution in [-0.4, -0.2) is 25.2 Å². The average molecular weight is 235 g/mol. The van der Waals surface area contributed by atoms with Gasteiger partial charge in [-0.25, -0.2) is 0 Å². The summed E-state index contributed by atoms with van der Waals surface area (Å²) in [6.07, 6.45) is 0.142. The summed E-state index contributed by atoms with van der Waals surface area (Å²) in [7, 11) is 3.99. The molecule has 1 aromatic rings. The minimum Gasteiger partial charge on any atom is -0.481 e. The molecule has 0 saturated heterocycles. The van der Waals surface area contributed by atoms with Crippen molar-refractivity contribution in [2.24, 2.45) is 0 Å². The van der Waals surface area contributed by atoms with Gasteiger partial charge in [-0.1, -0.05) is 26.0 Å². The summed E-state index contributed by atoms with van der Waals surface area (Å²) in [6.45, 7) is 5.99. The number of aliphatic carboxylic acids is 1. The van der Waals surface area contributed by atoms with Crippen molar-refractivity contribution >= 4 is 11.7 Å². The predicted octanol–water partition coefficient (Wildman–Crippen LogP) is 2.81. The zero-order chi connectivity index (χ0) is 13.2. The molecule has 0 heterocycles. The van der Waals surface area contributed by atoms with Crippen LogP contribution < -0.4 is 4.90 Å². The highest BCUT2D eigenvalue weighted by atomic mass is 16.4. The zero-order valence-electron chi connectivity index (χ0n) is 11.2. The van der Waals surface area contributed by atoms with E-state index in [0.717, 1.165) is 11.3 Å². The van der Waals surface area contributed by atoms with E-state index in [1.807, 2.05) is 40.1 Å². The highest BCUT2D eigenvalue weighted by Crippen LogP contribution is 2.31. The molecule has 3 heteroatoms. The lowest BCUT2D eigenvalue weighted by Gasteiger charge is -2.26. The molecule has 0 fully saturated rings. The molecular formula is C14H21NO2. The maximum atomic E-state index is 10.9. The first-order valence-electron chi connectivity index (χ1n) is 5.74. The molecule has 94 valence electrons. The molecule has 0 unspecified atom stereocenters. The summed E-state index contributed by atoms with van der Waals surface area (Å²) < 4.78 is 0. The van der Waals surface area contributed by atoms with Crippen molar-refractivity contribution in [2.75, 3.05) is 19.0 Å². The SMILES string of the molecule is Cc1ccc(C(C)(C)CC(=O)O)cc1N(C)C. The Morgan fingerprint density at radius 1 is 1.35 bits per heavy atom. The molecule has 0 aliphatic rings. The molecular weight excluding hydrogens is 214 g/mol. The van der Waals surface area contributed by atoms with Gasteiger partial charge in [-0.3, -0.25) is 4.79 Å². The number of anilines is 1. The fourth-order valence-electron chi connectivity index (χ4n) is 1.99. The Labute approximate surface area is 103 Å². The van der Waals surface area contributed by atoms with Crippen LogP contribution >= 0.6 is 0 Å². The summed E-state index contributed by atoms with van der Waals surface area (Å²) >= 11 is 0. The lowest BCUT2D eigenvalue weighted by molar-refractivity contribution is -0.138. The van der Waals surface area contributed by atoms with E-state index in [1.54, 1.807) is 0 Å². The van der Waals surface area contributed by atoms with Crippen LogP contribution in [0.3, 0.4) is 0 Å². The minimum atomic E-state index is -0.762. The van der Waals surface area contributed by atoms with Crippen LogP contribution in [0.25, 0.3) is 0 Å². The second-order valence-corrected chi connectivity index (χ2v) is 5.35. The molecule has 3 nitrogen and oxygen atoms in total. The molecule has 0 bridgehead atoms. The van der Waals surface area contributed by atoms with Crippen LogP contribution in [0.5, 0.6) is 0 Å². The van der Waals surface area contributed by atoms with E-state index in [2.05, 4.69) is 17.9 Å². The fraction of sp³-hybridized carbons (Fsp3) is 0.500. The number of carboxylic acid groups (broad SMARTS) is 1. The summed E-state index contributed by atoms with van der Waals surface area (Å²) in [6, 6.07) is 6.15. The average Bonchev–Trinajstić information content (AvgIpc) is 2.15. The van der Waals surface area contributed by atoms with Gasteiger partial charge in [0.2, 0.25) is 0 Å². The van der Waals surface area contributed by atoms with Gasteiger partial charge < -0.3 is 10.0 Å². The molecule has 0 aliphatic heterocycles. The normalized spacial score (nSPS) is 11.4. The van der Waals surface area contributed by atoms with Crippen LogP contribution in [0.15, 0.2) is 18.2 Å². The van der Waals surface area contributed by atoms with Gasteiger partial charge in [0.25, 0.3) is 0 Å². The van der Waals surface area contributed by atoms with Crippen LogP contribution in [0.2, 0.25) is 0 Å². The Bertz CT molecular complexity index is 422. The predicted molar refractivity (Wildman–Crippen MR) is 70.8 cm³/mol. The molecule has 1 N–H and O–H groups in total. The van der Waals surface area contributed by atoms with E-state index >= 15 is 0 Å². The van der Waals surface area contributed by atoms with Gasteiger partial charge in [0.05, 0.1) is 6.42 Å². The van der Waals surface area contributed by atoms with Crippen molar-refractivity contribution in [2.45, 2.75) is 32.6 Å². The third-order valence-corrected chi connectivity index (χ3v) is 3.07. The molecule has 0 spiro atoms. The minimum absolute atomic E-state index is 0.142. The quantitative estimate of drug-likeness (QED) is 0.872. The zero-order valence-corrected chi connectivity index (χ0v) is 11.2. The topological polar surface area (TPSA) is 40.5 Å². The molecule has 0 amide bonds. The lowest BCUT2D eigenvalue weighted by atomic mass is 9.81. The number of aryl methyl sites for hydroxylation is 1. The van der Waals surface area contributed by atoms with Crippen molar-refractivity contribution in [1.82, 2.24) is 0 Å². The first-order chi connectivity index (χ1) is 7.74. The number of benzene rings is 1. The van der Waals surface area contributed by atoms with Crippen LogP contribution in [0.4, 0.5) is 5.69 Å². The molecule has 0 radical (unpaired) electrons. The molecule has 1 aromatic carbocycles. The first-order valence-corrected chi connectivity index (χ1v) is 5.74. The van der Waals surface area contributed by atoms with E-state index in [1.165, 1.54) is 5.56 Å². The highest BCUT2D eigenvalue weighted by molar-refractivity contribution is 5.69. The number of hydrogen-bond acceptors (Lipinski definition) is 2. The van der Waals surface area contributed by atoms with Crippen molar-refractivity contribution < 1.29 is 9.90 Å². The second-order valence-electron chi connectivity index (χ2n) is 5.35. The Morgan fingerprint density at radius 3 is 2.41 bits per heavy atom. The third kappa shape index (κ3) is 3.22. The Balaban J connectivity index is 3.15. The largest absolute Gasteiger partial charge is 0.481 e. The van der Waals surface area contributed by atoms with Crippen LogP contribution in [-0.2, 0) is 10.2 Å². The molecule has 0 saturated carbocycles. The molecule has 0 aliphatic carbocycles. The van der Waals surface area contributed by atoms with Crippen molar-refractivity contribution in [3.63, 3.8) is 0 Å². The number of hydrogen-bond donors (Lipinski definition) is 1. The van der Waals surface area contributed by atoms with Crippen LogP contribution in [0, 0.1) is 6.92 Å². The van der Waals surface area contributed by atoms with Crippen LogP contribution in [0.1, 0.15) is 31.4 Å². The van der Waals surface area contributed by atoms with Gasteiger partial charge in [-0.05, 0) is 24.1 Å². The Hall–Kier alpha value is -1.51. The summed E-state index contributed by atoms with van der Waals surface area (Å²) in [5.41, 5.74) is 3.06. The van der Waals surface area contributed by atoms with Gasteiger partial charge in [0, 0.05) is 25.2 Å². The van der Waals surface area contributed by atoms with Crippen molar-refractivity contribution in [3.05, 3.63) is 29.3 Å². The Morgan fingerprint density at radius 2 is 1.94 bits per heavy atom. The van der Waals surface area contributed by atoms with Crippen molar-refractivity contribution in [3.8, 4) is 0 Å². The number of carboxylic acids is 1. The van der Waals surface area contributed by atoms with Gasteiger partial charge >= 0.3 is 5.97 Å². The molecule has 17 heavy (non-hydrogen) atoms. The highest BCUT2D eigenvalue weighted by Gasteiger charge is 2.24. The van der Waals surface area contributed by atoms with Gasteiger partial charge in [-0.15, -0.1) is 0 Å². The standard InChI is InChI=1S/C14H21NO2/c1-10-6-7-11(8-12(10)15(4)5)14(2,3)9-13(16)17/h6-8H,9H2,1-5H3,(H,16,17). The number of carbonyl (C=O) groups is 1. The summed E-state index contributed by atoms with van der Waals surface area (Å²) in [5.74, 6) is -0.762. The molecule has 0 aromatic heterocycles. The fourth-order valence-corrected chi connectivity index (χ4v) is 1.99. The van der Waals surface area contributed by atoms with Gasteiger partial charge in [0.15, 0.2) is 0 Å². The first kappa shape index (κ1) is 13.6. The van der Waals surface area contributed by atoms with Gasteiger partial charge in [0.1, 0.15) is 0 Å². The van der Waals surface area contributed by atoms with Gasteiger partial charge in [-0.2, -0.15) is 0 Å². The third-order valence-electron chi connectivity index (χ3n) is 3.07. The summed E-state index contributed by atoms with van der Waals surface area (Å²) in [4.78, 5) is 12.9. The van der Waals surface area contributed by atoms with E-state index < -0.39 is 5.97 Å². The number of rotatable bonds is 4.